The second-order valence-electron chi connectivity index (χ2n) is 6.24. The van der Waals surface area contributed by atoms with E-state index in [2.05, 4.69) is 17.0 Å². The Labute approximate surface area is 127 Å². The number of ether oxygens (including phenoxy) is 2. The molecule has 0 saturated carbocycles. The van der Waals surface area contributed by atoms with E-state index in [-0.39, 0.29) is 5.60 Å². The van der Waals surface area contributed by atoms with Crippen molar-refractivity contribution in [2.75, 3.05) is 33.3 Å². The first-order valence-corrected chi connectivity index (χ1v) is 8.03. The second-order valence-corrected chi connectivity index (χ2v) is 6.24. The lowest BCUT2D eigenvalue weighted by Gasteiger charge is -2.44. The zero-order chi connectivity index (χ0) is 14.7. The highest BCUT2D eigenvalue weighted by Gasteiger charge is 2.39. The summed E-state index contributed by atoms with van der Waals surface area (Å²) in [5, 5.41) is 0. The first kappa shape index (κ1) is 14.7. The Hall–Kier alpha value is -1.26. The van der Waals surface area contributed by atoms with Crippen molar-refractivity contribution in [1.29, 1.82) is 0 Å². The van der Waals surface area contributed by atoms with E-state index in [1.807, 2.05) is 6.07 Å². The van der Waals surface area contributed by atoms with E-state index < -0.39 is 0 Å². The third-order valence-electron chi connectivity index (χ3n) is 4.89. The average molecular weight is 290 g/mol. The molecule has 0 aromatic heterocycles. The fraction of sp³-hybridized carbons (Fsp3) is 0.647. The van der Waals surface area contributed by atoms with Crippen LogP contribution in [0, 0.1) is 0 Å². The van der Waals surface area contributed by atoms with Gasteiger partial charge in [0, 0.05) is 13.1 Å². The SMILES string of the molecule is COc1ccc2c(c1)CCC1(CCN(CCCN)CC1)O2. The Bertz CT molecular complexity index is 482. The summed E-state index contributed by atoms with van der Waals surface area (Å²) in [6, 6.07) is 6.17. The van der Waals surface area contributed by atoms with Crippen LogP contribution in [0.1, 0.15) is 31.2 Å². The molecule has 0 unspecified atom stereocenters. The van der Waals surface area contributed by atoms with Crippen LogP contribution in [0.3, 0.4) is 0 Å². The largest absolute Gasteiger partial charge is 0.497 e. The van der Waals surface area contributed by atoms with Crippen LogP contribution in [0.4, 0.5) is 0 Å². The zero-order valence-electron chi connectivity index (χ0n) is 12.9. The van der Waals surface area contributed by atoms with Crippen molar-refractivity contribution in [3.63, 3.8) is 0 Å². The molecule has 1 spiro atoms. The standard InChI is InChI=1S/C17H26N2O2/c1-20-15-3-4-16-14(13-15)5-6-17(21-16)7-11-19(12-8-17)10-2-9-18/h3-4,13H,2,5-12,18H2,1H3. The van der Waals surface area contributed by atoms with Gasteiger partial charge in [0.2, 0.25) is 0 Å². The van der Waals surface area contributed by atoms with Gasteiger partial charge >= 0.3 is 0 Å². The van der Waals surface area contributed by atoms with Crippen molar-refractivity contribution in [3.05, 3.63) is 23.8 Å². The summed E-state index contributed by atoms with van der Waals surface area (Å²) in [5.41, 5.74) is 6.94. The number of hydrogen-bond donors (Lipinski definition) is 1. The molecule has 0 aliphatic carbocycles. The van der Waals surface area contributed by atoms with Crippen molar-refractivity contribution < 1.29 is 9.47 Å². The van der Waals surface area contributed by atoms with Crippen LogP contribution in [-0.2, 0) is 6.42 Å². The number of fused-ring (bicyclic) bond motifs is 1. The first-order chi connectivity index (χ1) is 10.2. The van der Waals surface area contributed by atoms with Crippen LogP contribution >= 0.6 is 0 Å². The minimum atomic E-state index is 0.0564. The molecule has 1 saturated heterocycles. The molecule has 4 heteroatoms. The van der Waals surface area contributed by atoms with Gasteiger partial charge in [-0.05, 0) is 69.0 Å². The lowest BCUT2D eigenvalue weighted by Crippen LogP contribution is -2.50. The van der Waals surface area contributed by atoms with Gasteiger partial charge in [0.05, 0.1) is 7.11 Å². The summed E-state index contributed by atoms with van der Waals surface area (Å²) in [5.74, 6) is 1.97. The van der Waals surface area contributed by atoms with Gasteiger partial charge in [-0.15, -0.1) is 0 Å². The maximum absolute atomic E-state index is 6.41. The van der Waals surface area contributed by atoms with Gasteiger partial charge in [0.1, 0.15) is 17.1 Å². The molecule has 3 rings (SSSR count). The highest BCUT2D eigenvalue weighted by molar-refractivity contribution is 5.42. The van der Waals surface area contributed by atoms with Crippen LogP contribution in [0.2, 0.25) is 0 Å². The molecule has 0 bridgehead atoms. The van der Waals surface area contributed by atoms with Crippen LogP contribution in [0.15, 0.2) is 18.2 Å². The predicted molar refractivity (Wildman–Crippen MR) is 84.0 cm³/mol. The molecule has 116 valence electrons. The molecule has 1 aromatic rings. The number of likely N-dealkylation sites (tertiary alicyclic amines) is 1. The third-order valence-corrected chi connectivity index (χ3v) is 4.89. The molecule has 0 atom stereocenters. The van der Waals surface area contributed by atoms with Gasteiger partial charge in [-0.3, -0.25) is 0 Å². The number of hydrogen-bond acceptors (Lipinski definition) is 4. The molecular weight excluding hydrogens is 264 g/mol. The number of methoxy groups -OCH3 is 1. The number of nitrogens with zero attached hydrogens (tertiary/aromatic N) is 1. The van der Waals surface area contributed by atoms with Gasteiger partial charge in [0.15, 0.2) is 0 Å². The summed E-state index contributed by atoms with van der Waals surface area (Å²) < 4.78 is 11.7. The fourth-order valence-corrected chi connectivity index (χ4v) is 3.48. The Morgan fingerprint density at radius 1 is 1.29 bits per heavy atom. The Morgan fingerprint density at radius 2 is 2.10 bits per heavy atom. The number of piperidine rings is 1. The molecule has 2 aliphatic heterocycles. The van der Waals surface area contributed by atoms with Crippen molar-refractivity contribution in [1.82, 2.24) is 4.90 Å². The maximum atomic E-state index is 6.41. The summed E-state index contributed by atoms with van der Waals surface area (Å²) in [6.45, 7) is 4.17. The minimum Gasteiger partial charge on any atom is -0.497 e. The molecule has 2 N–H and O–H groups in total. The number of rotatable bonds is 4. The summed E-state index contributed by atoms with van der Waals surface area (Å²) >= 11 is 0. The molecule has 2 heterocycles. The van der Waals surface area contributed by atoms with E-state index in [9.17, 15) is 0 Å². The van der Waals surface area contributed by atoms with E-state index in [0.29, 0.717) is 0 Å². The Balaban J connectivity index is 1.64. The summed E-state index contributed by atoms with van der Waals surface area (Å²) in [4.78, 5) is 2.52. The van der Waals surface area contributed by atoms with Crippen molar-refractivity contribution in [3.8, 4) is 11.5 Å². The topological polar surface area (TPSA) is 47.7 Å². The van der Waals surface area contributed by atoms with Gasteiger partial charge in [-0.1, -0.05) is 0 Å². The van der Waals surface area contributed by atoms with Crippen LogP contribution < -0.4 is 15.2 Å². The van der Waals surface area contributed by atoms with E-state index in [1.54, 1.807) is 7.11 Å². The monoisotopic (exact) mass is 290 g/mol. The smallest absolute Gasteiger partial charge is 0.123 e. The zero-order valence-corrected chi connectivity index (χ0v) is 12.9. The van der Waals surface area contributed by atoms with Crippen LogP contribution in [-0.4, -0.2) is 43.8 Å². The Kier molecular flexibility index (Phi) is 4.36. The average Bonchev–Trinajstić information content (AvgIpc) is 2.54. The minimum absolute atomic E-state index is 0.0564. The number of aryl methyl sites for hydroxylation is 1. The molecule has 0 radical (unpaired) electrons. The molecule has 21 heavy (non-hydrogen) atoms. The molecule has 2 aliphatic rings. The van der Waals surface area contributed by atoms with E-state index in [1.165, 1.54) is 5.56 Å². The quantitative estimate of drug-likeness (QED) is 0.923. The molecule has 4 nitrogen and oxygen atoms in total. The van der Waals surface area contributed by atoms with Crippen molar-refractivity contribution >= 4 is 0 Å². The fourth-order valence-electron chi connectivity index (χ4n) is 3.48. The lowest BCUT2D eigenvalue weighted by atomic mass is 9.83. The van der Waals surface area contributed by atoms with Gasteiger partial charge in [-0.2, -0.15) is 0 Å². The summed E-state index contributed by atoms with van der Waals surface area (Å²) in [6.07, 6.45) is 5.57. The molecular formula is C17H26N2O2. The van der Waals surface area contributed by atoms with Crippen LogP contribution in [0.5, 0.6) is 11.5 Å². The van der Waals surface area contributed by atoms with Gasteiger partial charge < -0.3 is 20.1 Å². The first-order valence-electron chi connectivity index (χ1n) is 8.03. The number of nitrogens with two attached hydrogens (primary N) is 1. The predicted octanol–water partition coefficient (Wildman–Crippen LogP) is 2.20. The molecule has 0 amide bonds. The van der Waals surface area contributed by atoms with Crippen molar-refractivity contribution in [2.24, 2.45) is 5.73 Å². The lowest BCUT2D eigenvalue weighted by molar-refractivity contribution is -0.0145. The summed E-state index contributed by atoms with van der Waals surface area (Å²) in [7, 11) is 1.71. The van der Waals surface area contributed by atoms with Crippen LogP contribution in [0.25, 0.3) is 0 Å². The van der Waals surface area contributed by atoms with E-state index >= 15 is 0 Å². The molecule has 1 fully saturated rings. The van der Waals surface area contributed by atoms with Gasteiger partial charge in [0.25, 0.3) is 0 Å². The highest BCUT2D eigenvalue weighted by Crippen LogP contribution is 2.40. The Morgan fingerprint density at radius 3 is 2.81 bits per heavy atom. The van der Waals surface area contributed by atoms with E-state index in [4.69, 9.17) is 15.2 Å². The normalized spacial score (nSPS) is 20.9. The van der Waals surface area contributed by atoms with Crippen molar-refractivity contribution in [2.45, 2.75) is 37.7 Å². The van der Waals surface area contributed by atoms with Gasteiger partial charge in [-0.25, -0.2) is 0 Å². The molecule has 1 aromatic carbocycles. The highest BCUT2D eigenvalue weighted by atomic mass is 16.5. The number of benzene rings is 1. The third kappa shape index (κ3) is 3.16. The maximum Gasteiger partial charge on any atom is 0.123 e. The second kappa shape index (κ2) is 6.24. The van der Waals surface area contributed by atoms with E-state index in [0.717, 1.165) is 69.8 Å².